The van der Waals surface area contributed by atoms with Crippen molar-refractivity contribution in [3.05, 3.63) is 35.4 Å². The van der Waals surface area contributed by atoms with Gasteiger partial charge in [0.2, 0.25) is 0 Å². The van der Waals surface area contributed by atoms with Crippen LogP contribution >= 0.6 is 11.6 Å². The molecule has 0 amide bonds. The number of ether oxygens (including phenoxy) is 1. The molecule has 88 valence electrons. The molecule has 1 fully saturated rings. The first kappa shape index (κ1) is 11.9. The molecule has 3 atom stereocenters. The van der Waals surface area contributed by atoms with E-state index in [2.05, 4.69) is 38.1 Å². The fourth-order valence-corrected chi connectivity index (χ4v) is 2.83. The van der Waals surface area contributed by atoms with Crippen LogP contribution in [0.2, 0.25) is 0 Å². The van der Waals surface area contributed by atoms with E-state index in [0.717, 1.165) is 19.4 Å². The van der Waals surface area contributed by atoms with E-state index < -0.39 is 0 Å². The standard InChI is InChI=1S/C14H19ClO/c1-10-3-5-12(6-4-10)9-14(15)13-7-8-16-11(13)2/h3-6,11,13-14H,7-9H2,1-2H3. The van der Waals surface area contributed by atoms with E-state index in [9.17, 15) is 0 Å². The molecule has 2 heteroatoms. The van der Waals surface area contributed by atoms with Crippen LogP contribution in [0.4, 0.5) is 0 Å². The topological polar surface area (TPSA) is 9.23 Å². The molecule has 1 aromatic carbocycles. The van der Waals surface area contributed by atoms with Crippen LogP contribution in [0, 0.1) is 12.8 Å². The summed E-state index contributed by atoms with van der Waals surface area (Å²) in [6, 6.07) is 8.64. The second kappa shape index (κ2) is 5.20. The summed E-state index contributed by atoms with van der Waals surface area (Å²) < 4.78 is 5.56. The molecule has 0 aromatic heterocycles. The molecule has 1 nitrogen and oxygen atoms in total. The Labute approximate surface area is 103 Å². The lowest BCUT2D eigenvalue weighted by molar-refractivity contribution is 0.105. The Morgan fingerprint density at radius 1 is 1.38 bits per heavy atom. The summed E-state index contributed by atoms with van der Waals surface area (Å²) in [5, 5.41) is 0.195. The number of halogens is 1. The van der Waals surface area contributed by atoms with Crippen molar-refractivity contribution in [2.24, 2.45) is 5.92 Å². The highest BCUT2D eigenvalue weighted by Gasteiger charge is 2.30. The normalized spacial score (nSPS) is 26.9. The van der Waals surface area contributed by atoms with Gasteiger partial charge in [0, 0.05) is 17.9 Å². The third-order valence-electron chi connectivity index (χ3n) is 3.45. The molecule has 0 bridgehead atoms. The van der Waals surface area contributed by atoms with Crippen molar-refractivity contribution in [3.63, 3.8) is 0 Å². The maximum absolute atomic E-state index is 6.48. The minimum Gasteiger partial charge on any atom is -0.378 e. The molecule has 1 aromatic rings. The summed E-state index contributed by atoms with van der Waals surface area (Å²) in [7, 11) is 0. The van der Waals surface area contributed by atoms with Gasteiger partial charge in [-0.2, -0.15) is 0 Å². The first-order valence-corrected chi connectivity index (χ1v) is 6.41. The van der Waals surface area contributed by atoms with E-state index >= 15 is 0 Å². The first-order valence-electron chi connectivity index (χ1n) is 5.98. The molecule has 0 N–H and O–H groups in total. The predicted octanol–water partition coefficient (Wildman–Crippen LogP) is 3.57. The van der Waals surface area contributed by atoms with E-state index in [1.807, 2.05) is 0 Å². The number of rotatable bonds is 3. The molecule has 1 saturated heterocycles. The van der Waals surface area contributed by atoms with Gasteiger partial charge in [-0.05, 0) is 32.3 Å². The SMILES string of the molecule is Cc1ccc(CC(Cl)C2CCOC2C)cc1. The Morgan fingerprint density at radius 2 is 2.06 bits per heavy atom. The molecule has 0 spiro atoms. The molecule has 3 unspecified atom stereocenters. The lowest BCUT2D eigenvalue weighted by Crippen LogP contribution is -2.23. The van der Waals surface area contributed by atoms with Gasteiger partial charge in [0.15, 0.2) is 0 Å². The predicted molar refractivity (Wildman–Crippen MR) is 68.0 cm³/mol. The Morgan fingerprint density at radius 3 is 2.62 bits per heavy atom. The van der Waals surface area contributed by atoms with E-state index in [1.165, 1.54) is 11.1 Å². The average molecular weight is 239 g/mol. The van der Waals surface area contributed by atoms with Crippen molar-refractivity contribution < 1.29 is 4.74 Å². The molecule has 2 rings (SSSR count). The zero-order valence-electron chi connectivity index (χ0n) is 9.95. The second-order valence-corrected chi connectivity index (χ2v) is 5.29. The van der Waals surface area contributed by atoms with Gasteiger partial charge in [-0.1, -0.05) is 29.8 Å². The molecule has 1 aliphatic heterocycles. The van der Waals surface area contributed by atoms with Crippen LogP contribution in [0.15, 0.2) is 24.3 Å². The van der Waals surface area contributed by atoms with Gasteiger partial charge in [0.1, 0.15) is 0 Å². The van der Waals surface area contributed by atoms with Crippen molar-refractivity contribution in [2.75, 3.05) is 6.61 Å². The zero-order valence-corrected chi connectivity index (χ0v) is 10.7. The monoisotopic (exact) mass is 238 g/mol. The molecule has 1 aliphatic rings. The quantitative estimate of drug-likeness (QED) is 0.732. The van der Waals surface area contributed by atoms with E-state index in [1.54, 1.807) is 0 Å². The smallest absolute Gasteiger partial charge is 0.0590 e. The van der Waals surface area contributed by atoms with Crippen LogP contribution in [0.3, 0.4) is 0 Å². The number of benzene rings is 1. The van der Waals surface area contributed by atoms with Gasteiger partial charge >= 0.3 is 0 Å². The molecule has 16 heavy (non-hydrogen) atoms. The minimum atomic E-state index is 0.195. The van der Waals surface area contributed by atoms with Gasteiger partial charge in [0.05, 0.1) is 6.10 Å². The van der Waals surface area contributed by atoms with Crippen molar-refractivity contribution >= 4 is 11.6 Å². The minimum absolute atomic E-state index is 0.195. The van der Waals surface area contributed by atoms with Crippen LogP contribution in [-0.2, 0) is 11.2 Å². The summed E-state index contributed by atoms with van der Waals surface area (Å²) in [6.07, 6.45) is 2.36. The second-order valence-electron chi connectivity index (χ2n) is 4.73. The fourth-order valence-electron chi connectivity index (χ4n) is 2.32. The first-order chi connectivity index (χ1) is 7.66. The van der Waals surface area contributed by atoms with Gasteiger partial charge in [-0.3, -0.25) is 0 Å². The van der Waals surface area contributed by atoms with Gasteiger partial charge < -0.3 is 4.74 Å². The summed E-state index contributed by atoms with van der Waals surface area (Å²) >= 11 is 6.48. The van der Waals surface area contributed by atoms with Gasteiger partial charge in [-0.15, -0.1) is 11.6 Å². The van der Waals surface area contributed by atoms with Crippen molar-refractivity contribution in [1.29, 1.82) is 0 Å². The maximum Gasteiger partial charge on any atom is 0.0590 e. The van der Waals surface area contributed by atoms with E-state index in [0.29, 0.717) is 12.0 Å². The Balaban J connectivity index is 1.96. The molecular formula is C14H19ClO. The fraction of sp³-hybridized carbons (Fsp3) is 0.571. The summed E-state index contributed by atoms with van der Waals surface area (Å²) in [4.78, 5) is 0. The highest BCUT2D eigenvalue weighted by Crippen LogP contribution is 2.29. The number of aryl methyl sites for hydroxylation is 1. The average Bonchev–Trinajstić information content (AvgIpc) is 2.68. The van der Waals surface area contributed by atoms with Crippen LogP contribution in [0.1, 0.15) is 24.5 Å². The van der Waals surface area contributed by atoms with E-state index in [-0.39, 0.29) is 5.38 Å². The summed E-state index contributed by atoms with van der Waals surface area (Å²) in [5.74, 6) is 0.503. The molecule has 0 saturated carbocycles. The van der Waals surface area contributed by atoms with Crippen molar-refractivity contribution in [2.45, 2.75) is 38.2 Å². The van der Waals surface area contributed by atoms with E-state index in [4.69, 9.17) is 16.3 Å². The maximum atomic E-state index is 6.48. The van der Waals surface area contributed by atoms with Gasteiger partial charge in [-0.25, -0.2) is 0 Å². The molecular weight excluding hydrogens is 220 g/mol. The summed E-state index contributed by atoms with van der Waals surface area (Å²) in [5.41, 5.74) is 2.62. The Kier molecular flexibility index (Phi) is 3.88. The van der Waals surface area contributed by atoms with Gasteiger partial charge in [0.25, 0.3) is 0 Å². The highest BCUT2D eigenvalue weighted by atomic mass is 35.5. The third kappa shape index (κ3) is 2.78. The Hall–Kier alpha value is -0.530. The van der Waals surface area contributed by atoms with Crippen LogP contribution < -0.4 is 0 Å². The number of hydrogen-bond donors (Lipinski definition) is 0. The lowest BCUT2D eigenvalue weighted by Gasteiger charge is -2.20. The summed E-state index contributed by atoms with van der Waals surface area (Å²) in [6.45, 7) is 5.10. The number of alkyl halides is 1. The zero-order chi connectivity index (χ0) is 11.5. The molecule has 0 radical (unpaired) electrons. The Bertz CT molecular complexity index is 333. The highest BCUT2D eigenvalue weighted by molar-refractivity contribution is 6.21. The van der Waals surface area contributed by atoms with Crippen molar-refractivity contribution in [3.8, 4) is 0 Å². The molecule has 1 heterocycles. The van der Waals surface area contributed by atoms with Crippen LogP contribution in [0.5, 0.6) is 0 Å². The third-order valence-corrected chi connectivity index (χ3v) is 3.93. The largest absolute Gasteiger partial charge is 0.378 e. The van der Waals surface area contributed by atoms with Crippen molar-refractivity contribution in [1.82, 2.24) is 0 Å². The van der Waals surface area contributed by atoms with Crippen LogP contribution in [-0.4, -0.2) is 18.1 Å². The molecule has 0 aliphatic carbocycles. The number of hydrogen-bond acceptors (Lipinski definition) is 1. The van der Waals surface area contributed by atoms with Crippen LogP contribution in [0.25, 0.3) is 0 Å². The lowest BCUT2D eigenvalue weighted by atomic mass is 9.93.